The zero-order chi connectivity index (χ0) is 16.9. The molecule has 3 N–H and O–H groups in total. The molecular formula is C16H19N3O3S. The lowest BCUT2D eigenvalue weighted by atomic mass is 10.1. The first kappa shape index (κ1) is 16.8. The minimum Gasteiger partial charge on any atom is -0.494 e. The third-order valence-corrected chi connectivity index (χ3v) is 4.31. The van der Waals surface area contributed by atoms with E-state index in [9.17, 15) is 8.42 Å². The molecule has 0 aliphatic rings. The molecule has 0 atom stereocenters. The first-order valence-corrected chi connectivity index (χ1v) is 8.55. The van der Waals surface area contributed by atoms with Crippen molar-refractivity contribution in [2.24, 2.45) is 5.10 Å². The van der Waals surface area contributed by atoms with Crippen molar-refractivity contribution >= 4 is 21.4 Å². The van der Waals surface area contributed by atoms with Crippen LogP contribution in [0.15, 0.2) is 58.5 Å². The summed E-state index contributed by atoms with van der Waals surface area (Å²) in [5.41, 5.74) is 7.56. The van der Waals surface area contributed by atoms with Crippen LogP contribution < -0.4 is 15.3 Å². The standard InChI is InChI=1S/C16H19N3O3S/c1-3-22-15-7-9-16(10-8-15)23(20,21)19-18-12(2)13-5-4-6-14(17)11-13/h4-11,19H,3,17H2,1-2H3/b18-12-. The van der Waals surface area contributed by atoms with E-state index in [0.717, 1.165) is 5.56 Å². The van der Waals surface area contributed by atoms with Gasteiger partial charge in [-0.1, -0.05) is 12.1 Å². The predicted octanol–water partition coefficient (Wildman–Crippen LogP) is 2.37. The molecule has 0 saturated heterocycles. The van der Waals surface area contributed by atoms with Crippen LogP contribution in [0.25, 0.3) is 0 Å². The molecule has 0 fully saturated rings. The molecule has 0 spiro atoms. The van der Waals surface area contributed by atoms with Crippen LogP contribution in [0, 0.1) is 0 Å². The van der Waals surface area contributed by atoms with Crippen LogP contribution in [0.3, 0.4) is 0 Å². The van der Waals surface area contributed by atoms with Gasteiger partial charge in [0.15, 0.2) is 0 Å². The fourth-order valence-corrected chi connectivity index (χ4v) is 2.75. The molecule has 0 saturated carbocycles. The summed E-state index contributed by atoms with van der Waals surface area (Å²) >= 11 is 0. The Bertz CT molecular complexity index is 800. The third-order valence-electron chi connectivity index (χ3n) is 3.08. The van der Waals surface area contributed by atoms with E-state index in [4.69, 9.17) is 10.5 Å². The Balaban J connectivity index is 2.16. The summed E-state index contributed by atoms with van der Waals surface area (Å²) < 4.78 is 29.7. The number of rotatable bonds is 6. The molecule has 0 aromatic heterocycles. The second-order valence-electron chi connectivity index (χ2n) is 4.82. The first-order valence-electron chi connectivity index (χ1n) is 7.07. The Morgan fingerprint density at radius 3 is 2.52 bits per heavy atom. The molecule has 0 unspecified atom stereocenters. The van der Waals surface area contributed by atoms with Crippen LogP contribution in [0.5, 0.6) is 5.75 Å². The minimum atomic E-state index is -3.73. The monoisotopic (exact) mass is 333 g/mol. The number of hydrazone groups is 1. The van der Waals surface area contributed by atoms with Crippen molar-refractivity contribution in [2.75, 3.05) is 12.3 Å². The molecule has 0 bridgehead atoms. The number of nitrogens with two attached hydrogens (primary N) is 1. The predicted molar refractivity (Wildman–Crippen MR) is 91.0 cm³/mol. The van der Waals surface area contributed by atoms with Gasteiger partial charge in [0.05, 0.1) is 17.2 Å². The highest BCUT2D eigenvalue weighted by atomic mass is 32.2. The second kappa shape index (κ2) is 7.15. The van der Waals surface area contributed by atoms with Gasteiger partial charge in [0, 0.05) is 5.69 Å². The molecule has 0 aliphatic carbocycles. The maximum Gasteiger partial charge on any atom is 0.276 e. The largest absolute Gasteiger partial charge is 0.494 e. The molecule has 23 heavy (non-hydrogen) atoms. The molecule has 7 heteroatoms. The van der Waals surface area contributed by atoms with E-state index < -0.39 is 10.0 Å². The highest BCUT2D eigenvalue weighted by Gasteiger charge is 2.13. The average molecular weight is 333 g/mol. The van der Waals surface area contributed by atoms with Gasteiger partial charge in [-0.05, 0) is 55.8 Å². The number of benzene rings is 2. The molecule has 0 amide bonds. The number of hydrogen-bond donors (Lipinski definition) is 2. The maximum atomic E-state index is 12.2. The summed E-state index contributed by atoms with van der Waals surface area (Å²) in [5, 5.41) is 3.93. The number of anilines is 1. The van der Waals surface area contributed by atoms with E-state index in [1.54, 1.807) is 43.3 Å². The Morgan fingerprint density at radius 1 is 1.22 bits per heavy atom. The normalized spacial score (nSPS) is 12.0. The Hall–Kier alpha value is -2.54. The number of hydrogen-bond acceptors (Lipinski definition) is 5. The Labute approximate surface area is 136 Å². The van der Waals surface area contributed by atoms with Crippen LogP contribution in [0.2, 0.25) is 0 Å². The topological polar surface area (TPSA) is 93.8 Å². The minimum absolute atomic E-state index is 0.116. The van der Waals surface area contributed by atoms with Crippen molar-refractivity contribution in [1.82, 2.24) is 4.83 Å². The van der Waals surface area contributed by atoms with Gasteiger partial charge in [0.1, 0.15) is 5.75 Å². The van der Waals surface area contributed by atoms with Crippen LogP contribution in [0.1, 0.15) is 19.4 Å². The fraction of sp³-hybridized carbons (Fsp3) is 0.188. The van der Waals surface area contributed by atoms with E-state index in [2.05, 4.69) is 9.93 Å². The summed E-state index contributed by atoms with van der Waals surface area (Å²) in [7, 11) is -3.73. The zero-order valence-corrected chi connectivity index (χ0v) is 13.8. The van der Waals surface area contributed by atoms with Crippen molar-refractivity contribution in [3.63, 3.8) is 0 Å². The van der Waals surface area contributed by atoms with E-state index in [1.165, 1.54) is 12.1 Å². The first-order chi connectivity index (χ1) is 10.9. The van der Waals surface area contributed by atoms with Crippen molar-refractivity contribution in [3.8, 4) is 5.75 Å². The van der Waals surface area contributed by atoms with Crippen LogP contribution >= 0.6 is 0 Å². The van der Waals surface area contributed by atoms with Crippen molar-refractivity contribution < 1.29 is 13.2 Å². The lowest BCUT2D eigenvalue weighted by Crippen LogP contribution is -2.20. The van der Waals surface area contributed by atoms with Crippen LogP contribution in [-0.2, 0) is 10.0 Å². The Morgan fingerprint density at radius 2 is 1.91 bits per heavy atom. The smallest absolute Gasteiger partial charge is 0.276 e. The number of nitrogen functional groups attached to an aromatic ring is 1. The number of nitrogens with zero attached hydrogens (tertiary/aromatic N) is 1. The number of ether oxygens (including phenoxy) is 1. The molecule has 0 aliphatic heterocycles. The van der Waals surface area contributed by atoms with E-state index in [-0.39, 0.29) is 4.90 Å². The molecule has 2 aromatic carbocycles. The maximum absolute atomic E-state index is 12.2. The van der Waals surface area contributed by atoms with Crippen molar-refractivity contribution in [1.29, 1.82) is 0 Å². The summed E-state index contributed by atoms with van der Waals surface area (Å²) in [6.45, 7) is 4.09. The molecule has 2 rings (SSSR count). The van der Waals surface area contributed by atoms with Gasteiger partial charge in [0.25, 0.3) is 10.0 Å². The lowest BCUT2D eigenvalue weighted by molar-refractivity contribution is 0.340. The Kier molecular flexibility index (Phi) is 5.23. The van der Waals surface area contributed by atoms with Gasteiger partial charge in [-0.3, -0.25) is 0 Å². The van der Waals surface area contributed by atoms with Gasteiger partial charge >= 0.3 is 0 Å². The molecule has 6 nitrogen and oxygen atoms in total. The number of sulfonamides is 1. The third kappa shape index (κ3) is 4.46. The van der Waals surface area contributed by atoms with Crippen LogP contribution in [0.4, 0.5) is 5.69 Å². The van der Waals surface area contributed by atoms with Gasteiger partial charge in [0.2, 0.25) is 0 Å². The molecular weight excluding hydrogens is 314 g/mol. The van der Waals surface area contributed by atoms with Gasteiger partial charge < -0.3 is 10.5 Å². The summed E-state index contributed by atoms with van der Waals surface area (Å²) in [6.07, 6.45) is 0. The van der Waals surface area contributed by atoms with E-state index in [1.807, 2.05) is 6.92 Å². The van der Waals surface area contributed by atoms with Crippen LogP contribution in [-0.4, -0.2) is 20.7 Å². The van der Waals surface area contributed by atoms with Crippen molar-refractivity contribution in [3.05, 3.63) is 54.1 Å². The second-order valence-corrected chi connectivity index (χ2v) is 6.48. The van der Waals surface area contributed by atoms with Gasteiger partial charge in [-0.25, -0.2) is 0 Å². The highest BCUT2D eigenvalue weighted by molar-refractivity contribution is 7.89. The van der Waals surface area contributed by atoms with Gasteiger partial charge in [-0.15, -0.1) is 0 Å². The average Bonchev–Trinajstić information content (AvgIpc) is 2.53. The quantitative estimate of drug-likeness (QED) is 0.482. The summed E-state index contributed by atoms with van der Waals surface area (Å²) in [6, 6.07) is 13.2. The number of nitrogens with one attached hydrogen (secondary N) is 1. The van der Waals surface area contributed by atoms with Gasteiger partial charge in [-0.2, -0.15) is 18.4 Å². The van der Waals surface area contributed by atoms with E-state index >= 15 is 0 Å². The molecule has 0 heterocycles. The lowest BCUT2D eigenvalue weighted by Gasteiger charge is -2.07. The highest BCUT2D eigenvalue weighted by Crippen LogP contribution is 2.16. The summed E-state index contributed by atoms with van der Waals surface area (Å²) in [4.78, 5) is 2.34. The van der Waals surface area contributed by atoms with E-state index in [0.29, 0.717) is 23.8 Å². The molecule has 122 valence electrons. The molecule has 2 aromatic rings. The summed E-state index contributed by atoms with van der Waals surface area (Å²) in [5.74, 6) is 0.617. The SMILES string of the molecule is CCOc1ccc(S(=O)(=O)N/N=C(/C)c2cccc(N)c2)cc1. The fourth-order valence-electron chi connectivity index (χ4n) is 1.89. The zero-order valence-electron chi connectivity index (χ0n) is 13.0. The van der Waals surface area contributed by atoms with Crippen molar-refractivity contribution in [2.45, 2.75) is 18.7 Å². The molecule has 0 radical (unpaired) electrons.